The van der Waals surface area contributed by atoms with Crippen molar-refractivity contribution < 1.29 is 38.2 Å². The van der Waals surface area contributed by atoms with Gasteiger partial charge in [-0.1, -0.05) is 152 Å². The molecule has 8 nitrogen and oxygen atoms in total. The minimum absolute atomic E-state index is 0.0173. The monoisotopic (exact) mass is 758 g/mol. The molecular formula is C46H79NO7. The molecule has 0 bridgehead atoms. The van der Waals surface area contributed by atoms with E-state index in [4.69, 9.17) is 14.2 Å². The highest BCUT2D eigenvalue weighted by Gasteiger charge is 2.25. The zero-order valence-corrected chi connectivity index (χ0v) is 35.1. The maximum Gasteiger partial charge on any atom is 0.306 e. The molecule has 2 atom stereocenters. The Morgan fingerprint density at radius 2 is 1.04 bits per heavy atom. The molecule has 0 aromatic rings. The summed E-state index contributed by atoms with van der Waals surface area (Å²) in [5.74, 6) is -1.81. The van der Waals surface area contributed by atoms with Crippen LogP contribution in [0.15, 0.2) is 60.8 Å². The molecule has 54 heavy (non-hydrogen) atoms. The fourth-order valence-electron chi connectivity index (χ4n) is 5.87. The van der Waals surface area contributed by atoms with Crippen molar-refractivity contribution in [1.82, 2.24) is 0 Å². The van der Waals surface area contributed by atoms with Gasteiger partial charge in [0.05, 0.1) is 40.3 Å². The number of aliphatic carboxylic acids is 1. The largest absolute Gasteiger partial charge is 0.544 e. The second kappa shape index (κ2) is 37.0. The van der Waals surface area contributed by atoms with Crippen LogP contribution < -0.4 is 5.11 Å². The number of esters is 2. The van der Waals surface area contributed by atoms with Gasteiger partial charge in [0.2, 0.25) is 0 Å². The average molecular weight is 758 g/mol. The number of rotatable bonds is 37. The van der Waals surface area contributed by atoms with Crippen LogP contribution in [0.25, 0.3) is 0 Å². The molecule has 0 rings (SSSR count). The van der Waals surface area contributed by atoms with E-state index in [0.29, 0.717) is 12.8 Å². The molecule has 0 aliphatic heterocycles. The maximum absolute atomic E-state index is 12.7. The Morgan fingerprint density at radius 3 is 1.52 bits per heavy atom. The maximum atomic E-state index is 12.7. The Hall–Kier alpha value is -2.97. The van der Waals surface area contributed by atoms with Crippen molar-refractivity contribution in [2.75, 3.05) is 41.0 Å². The standard InChI is InChI=1S/C46H79NO7/c1-6-8-10-12-14-16-18-20-21-22-23-25-27-29-31-33-35-37-45(49)54-42(40-52-39-38-43(46(50)51)47(3,4)5)41-53-44(48)36-34-32-30-28-26-24-19-17-15-13-11-9-7-2/h8,10,14,16,20-21,23,25,29,31,42-43H,6-7,9,11-13,15,17-19,22,24,26-28,30,32-41H2,1-5H3/b10-8-,16-14-,21-20-,25-23-,31-29-. The summed E-state index contributed by atoms with van der Waals surface area (Å²) < 4.78 is 17.1. The Balaban J connectivity index is 4.48. The van der Waals surface area contributed by atoms with Crippen LogP contribution in [0.5, 0.6) is 0 Å². The van der Waals surface area contributed by atoms with Crippen molar-refractivity contribution in [3.63, 3.8) is 0 Å². The van der Waals surface area contributed by atoms with E-state index in [2.05, 4.69) is 74.6 Å². The number of unbranched alkanes of at least 4 members (excludes halogenated alkanes) is 13. The molecule has 0 N–H and O–H groups in total. The molecule has 0 radical (unpaired) electrons. The number of carbonyl (C=O) groups excluding carboxylic acids is 3. The van der Waals surface area contributed by atoms with E-state index >= 15 is 0 Å². The topological polar surface area (TPSA) is 102 Å². The number of nitrogens with zero attached hydrogens (tertiary/aromatic N) is 1. The van der Waals surface area contributed by atoms with Crippen LogP contribution in [0, 0.1) is 0 Å². The van der Waals surface area contributed by atoms with Gasteiger partial charge in [0, 0.05) is 19.3 Å². The minimum atomic E-state index is -1.14. The van der Waals surface area contributed by atoms with Crippen LogP contribution in [0.3, 0.4) is 0 Å². The van der Waals surface area contributed by atoms with Crippen LogP contribution in [-0.2, 0) is 28.6 Å². The van der Waals surface area contributed by atoms with Gasteiger partial charge < -0.3 is 28.6 Å². The Labute approximate surface area is 330 Å². The molecule has 0 aromatic carbocycles. The molecule has 0 heterocycles. The Morgan fingerprint density at radius 1 is 0.574 bits per heavy atom. The van der Waals surface area contributed by atoms with Gasteiger partial charge in [-0.15, -0.1) is 0 Å². The molecule has 310 valence electrons. The first-order valence-electron chi connectivity index (χ1n) is 21.3. The summed E-state index contributed by atoms with van der Waals surface area (Å²) in [6, 6.07) is -0.736. The first-order valence-corrected chi connectivity index (χ1v) is 21.3. The van der Waals surface area contributed by atoms with Gasteiger partial charge >= 0.3 is 11.9 Å². The van der Waals surface area contributed by atoms with Crippen molar-refractivity contribution in [2.45, 2.75) is 174 Å². The van der Waals surface area contributed by atoms with Gasteiger partial charge in [0.25, 0.3) is 0 Å². The fourth-order valence-corrected chi connectivity index (χ4v) is 5.87. The molecule has 0 saturated carbocycles. The van der Waals surface area contributed by atoms with E-state index in [9.17, 15) is 19.5 Å². The summed E-state index contributed by atoms with van der Waals surface area (Å²) >= 11 is 0. The zero-order chi connectivity index (χ0) is 40.0. The van der Waals surface area contributed by atoms with E-state index in [0.717, 1.165) is 57.8 Å². The quantitative estimate of drug-likeness (QED) is 0.0269. The van der Waals surface area contributed by atoms with Gasteiger partial charge in [-0.3, -0.25) is 9.59 Å². The predicted molar refractivity (Wildman–Crippen MR) is 222 cm³/mol. The highest BCUT2D eigenvalue weighted by Crippen LogP contribution is 2.14. The fraction of sp³-hybridized carbons (Fsp3) is 0.717. The van der Waals surface area contributed by atoms with E-state index in [1.807, 2.05) is 0 Å². The zero-order valence-electron chi connectivity index (χ0n) is 35.1. The normalized spacial score (nSPS) is 13.6. The van der Waals surface area contributed by atoms with Crippen LogP contribution in [-0.4, -0.2) is 75.5 Å². The van der Waals surface area contributed by atoms with Crippen molar-refractivity contribution >= 4 is 17.9 Å². The van der Waals surface area contributed by atoms with Gasteiger partial charge in [-0.05, 0) is 51.4 Å². The number of hydrogen-bond donors (Lipinski definition) is 0. The van der Waals surface area contributed by atoms with Crippen LogP contribution in [0.4, 0.5) is 0 Å². The number of carboxylic acid groups (broad SMARTS) is 1. The first kappa shape index (κ1) is 51.0. The number of carboxylic acids is 1. The van der Waals surface area contributed by atoms with E-state index in [-0.39, 0.29) is 49.1 Å². The van der Waals surface area contributed by atoms with Crippen molar-refractivity contribution in [2.24, 2.45) is 0 Å². The van der Waals surface area contributed by atoms with Crippen LogP contribution in [0.2, 0.25) is 0 Å². The second-order valence-electron chi connectivity index (χ2n) is 15.2. The predicted octanol–water partition coefficient (Wildman–Crippen LogP) is 10.1. The summed E-state index contributed by atoms with van der Waals surface area (Å²) in [6.45, 7) is 4.47. The summed E-state index contributed by atoms with van der Waals surface area (Å²) in [7, 11) is 5.38. The molecule has 2 unspecified atom stereocenters. The van der Waals surface area contributed by atoms with Gasteiger partial charge in [0.1, 0.15) is 12.6 Å². The summed E-state index contributed by atoms with van der Waals surface area (Å²) in [4.78, 5) is 36.8. The minimum Gasteiger partial charge on any atom is -0.544 e. The molecule has 0 aliphatic rings. The number of hydrogen-bond acceptors (Lipinski definition) is 7. The Kier molecular flexibility index (Phi) is 34.9. The summed E-state index contributed by atoms with van der Waals surface area (Å²) in [6.07, 6.45) is 43.9. The molecule has 0 spiro atoms. The third-order valence-corrected chi connectivity index (χ3v) is 9.17. The lowest BCUT2D eigenvalue weighted by Crippen LogP contribution is -2.55. The SMILES string of the molecule is CC/C=C\C/C=C\C/C=C\C/C=C\C/C=C\CCCC(=O)OC(COCCC(C(=O)[O-])[N+](C)(C)C)COC(=O)CCCCCCCCCCCCCCC. The smallest absolute Gasteiger partial charge is 0.306 e. The van der Waals surface area contributed by atoms with Gasteiger partial charge in [-0.25, -0.2) is 0 Å². The second-order valence-corrected chi connectivity index (χ2v) is 15.2. The van der Waals surface area contributed by atoms with E-state index in [1.165, 1.54) is 64.2 Å². The van der Waals surface area contributed by atoms with Crippen molar-refractivity contribution in [3.05, 3.63) is 60.8 Å². The number of likely N-dealkylation sites (N-methyl/N-ethyl adjacent to an activating group) is 1. The molecule has 8 heteroatoms. The summed E-state index contributed by atoms with van der Waals surface area (Å²) in [5, 5.41) is 11.6. The number of carbonyl (C=O) groups is 3. The van der Waals surface area contributed by atoms with Crippen LogP contribution in [0.1, 0.15) is 162 Å². The lowest BCUT2D eigenvalue weighted by Gasteiger charge is -2.34. The molecule has 0 fully saturated rings. The first-order chi connectivity index (χ1) is 26.1. The average Bonchev–Trinajstić information content (AvgIpc) is 3.12. The highest BCUT2D eigenvalue weighted by molar-refractivity contribution is 5.70. The summed E-state index contributed by atoms with van der Waals surface area (Å²) in [5.41, 5.74) is 0. The van der Waals surface area contributed by atoms with E-state index < -0.39 is 18.1 Å². The van der Waals surface area contributed by atoms with Crippen LogP contribution >= 0.6 is 0 Å². The lowest BCUT2D eigenvalue weighted by atomic mass is 10.0. The molecule has 0 aliphatic carbocycles. The lowest BCUT2D eigenvalue weighted by molar-refractivity contribution is -0.889. The highest BCUT2D eigenvalue weighted by atomic mass is 16.6. The molecule has 0 amide bonds. The molecule has 0 aromatic heterocycles. The number of allylic oxidation sites excluding steroid dienone is 10. The Bertz CT molecular complexity index is 1070. The molecule has 0 saturated heterocycles. The third kappa shape index (κ3) is 34.8. The number of ether oxygens (including phenoxy) is 3. The van der Waals surface area contributed by atoms with Gasteiger partial charge in [0.15, 0.2) is 6.10 Å². The van der Waals surface area contributed by atoms with Crippen molar-refractivity contribution in [3.8, 4) is 0 Å². The molecular weight excluding hydrogens is 679 g/mol. The number of quaternary nitrogens is 1. The van der Waals surface area contributed by atoms with Gasteiger partial charge in [-0.2, -0.15) is 0 Å². The van der Waals surface area contributed by atoms with E-state index in [1.54, 1.807) is 21.1 Å². The van der Waals surface area contributed by atoms with Crippen molar-refractivity contribution in [1.29, 1.82) is 0 Å². The third-order valence-electron chi connectivity index (χ3n) is 9.17.